The van der Waals surface area contributed by atoms with Crippen LogP contribution in [0.5, 0.6) is 5.75 Å². The maximum atomic E-state index is 9.93. The van der Waals surface area contributed by atoms with E-state index >= 15 is 0 Å². The number of pyridine rings is 1. The van der Waals surface area contributed by atoms with Gasteiger partial charge in [0.25, 0.3) is 0 Å². The quantitative estimate of drug-likeness (QED) is 0.832. The Morgan fingerprint density at radius 2 is 1.94 bits per heavy atom. The summed E-state index contributed by atoms with van der Waals surface area (Å²) in [5.41, 5.74) is 0.701. The van der Waals surface area contributed by atoms with E-state index in [1.807, 2.05) is 13.8 Å². The smallest absolute Gasteiger partial charge is 0.138 e. The van der Waals surface area contributed by atoms with Gasteiger partial charge in [-0.15, -0.1) is 0 Å². The molecule has 1 rings (SSSR count). The molecule has 1 aromatic rings. The molecule has 0 saturated carbocycles. The Kier molecular flexibility index (Phi) is 4.71. The van der Waals surface area contributed by atoms with Gasteiger partial charge in [0.15, 0.2) is 0 Å². The molecule has 4 heteroatoms. The number of rotatable bonds is 5. The highest BCUT2D eigenvalue weighted by Gasteiger charge is 2.16. The van der Waals surface area contributed by atoms with Crippen molar-refractivity contribution in [1.29, 1.82) is 0 Å². The van der Waals surface area contributed by atoms with E-state index in [9.17, 15) is 5.11 Å². The summed E-state index contributed by atoms with van der Waals surface area (Å²) in [6, 6.07) is 1.78. The Labute approximate surface area is 96.2 Å². The molecule has 0 amide bonds. The summed E-state index contributed by atoms with van der Waals surface area (Å²) < 4.78 is 10.6. The average molecular weight is 225 g/mol. The molecule has 1 heterocycles. The van der Waals surface area contributed by atoms with Crippen molar-refractivity contribution in [3.63, 3.8) is 0 Å². The molecule has 2 unspecified atom stereocenters. The number of aliphatic hydroxyl groups is 1. The molecule has 0 aromatic carbocycles. The van der Waals surface area contributed by atoms with Crippen LogP contribution in [-0.4, -0.2) is 29.4 Å². The Balaban J connectivity index is 2.81. The van der Waals surface area contributed by atoms with Crippen molar-refractivity contribution in [3.8, 4) is 5.75 Å². The van der Waals surface area contributed by atoms with Gasteiger partial charge in [0.1, 0.15) is 11.9 Å². The number of methoxy groups -OCH3 is 1. The number of nitrogens with zero attached hydrogens (tertiary/aromatic N) is 1. The van der Waals surface area contributed by atoms with Gasteiger partial charge in [0, 0.05) is 18.9 Å². The first kappa shape index (κ1) is 12.9. The van der Waals surface area contributed by atoms with E-state index in [0.717, 1.165) is 0 Å². The van der Waals surface area contributed by atoms with E-state index in [1.54, 1.807) is 32.5 Å². The number of ether oxygens (including phenoxy) is 2. The van der Waals surface area contributed by atoms with Crippen molar-refractivity contribution in [3.05, 3.63) is 24.0 Å². The van der Waals surface area contributed by atoms with Crippen molar-refractivity contribution in [2.45, 2.75) is 39.1 Å². The van der Waals surface area contributed by atoms with E-state index in [0.29, 0.717) is 11.3 Å². The molecule has 0 aliphatic heterocycles. The molecular formula is C12H19NO3. The van der Waals surface area contributed by atoms with Crippen molar-refractivity contribution in [2.75, 3.05) is 7.11 Å². The fraction of sp³-hybridized carbons (Fsp3) is 0.583. The fourth-order valence-electron chi connectivity index (χ4n) is 1.33. The summed E-state index contributed by atoms with van der Waals surface area (Å²) >= 11 is 0. The highest BCUT2D eigenvalue weighted by molar-refractivity contribution is 5.25. The highest BCUT2D eigenvalue weighted by Crippen LogP contribution is 2.22. The summed E-state index contributed by atoms with van der Waals surface area (Å²) in [6.07, 6.45) is 2.39. The molecular weight excluding hydrogens is 206 g/mol. The number of hydrogen-bond acceptors (Lipinski definition) is 4. The first-order valence-electron chi connectivity index (χ1n) is 5.37. The Hall–Kier alpha value is -1.13. The van der Waals surface area contributed by atoms with Crippen LogP contribution >= 0.6 is 0 Å². The van der Waals surface area contributed by atoms with Gasteiger partial charge < -0.3 is 14.6 Å². The second kappa shape index (κ2) is 5.82. The molecule has 2 atom stereocenters. The topological polar surface area (TPSA) is 51.6 Å². The van der Waals surface area contributed by atoms with Gasteiger partial charge in [0.2, 0.25) is 0 Å². The molecule has 0 aliphatic rings. The minimum atomic E-state index is -0.687. The summed E-state index contributed by atoms with van der Waals surface area (Å²) in [6.45, 7) is 5.70. The van der Waals surface area contributed by atoms with Crippen LogP contribution in [0.1, 0.15) is 32.4 Å². The minimum Gasteiger partial charge on any atom is -0.489 e. The Morgan fingerprint density at radius 1 is 1.25 bits per heavy atom. The van der Waals surface area contributed by atoms with Gasteiger partial charge in [0.05, 0.1) is 18.4 Å². The Bertz CT molecular complexity index is 328. The molecule has 0 fully saturated rings. The van der Waals surface area contributed by atoms with Crippen molar-refractivity contribution < 1.29 is 14.6 Å². The van der Waals surface area contributed by atoms with Crippen molar-refractivity contribution in [1.82, 2.24) is 4.98 Å². The maximum Gasteiger partial charge on any atom is 0.138 e. The van der Waals surface area contributed by atoms with Crippen LogP contribution in [0, 0.1) is 0 Å². The third kappa shape index (κ3) is 3.47. The lowest BCUT2D eigenvalue weighted by atomic mass is 10.1. The number of aliphatic hydroxyl groups excluding tert-OH is 1. The first-order valence-corrected chi connectivity index (χ1v) is 5.37. The third-order valence-corrected chi connectivity index (χ3v) is 2.26. The zero-order valence-corrected chi connectivity index (χ0v) is 10.2. The van der Waals surface area contributed by atoms with Gasteiger partial charge in [-0.2, -0.15) is 0 Å². The predicted molar refractivity (Wildman–Crippen MR) is 61.4 cm³/mol. The van der Waals surface area contributed by atoms with Crippen LogP contribution in [0.4, 0.5) is 0 Å². The lowest BCUT2D eigenvalue weighted by Gasteiger charge is -2.18. The zero-order valence-electron chi connectivity index (χ0n) is 10.2. The largest absolute Gasteiger partial charge is 0.489 e. The molecule has 0 aliphatic carbocycles. The zero-order chi connectivity index (χ0) is 12.1. The van der Waals surface area contributed by atoms with Crippen LogP contribution in [0.15, 0.2) is 18.5 Å². The van der Waals surface area contributed by atoms with Crippen molar-refractivity contribution in [2.24, 2.45) is 0 Å². The number of aromatic nitrogens is 1. The van der Waals surface area contributed by atoms with Crippen LogP contribution in [0.3, 0.4) is 0 Å². The monoisotopic (exact) mass is 225 g/mol. The molecule has 90 valence electrons. The first-order chi connectivity index (χ1) is 7.54. The van der Waals surface area contributed by atoms with Crippen LogP contribution in [0.2, 0.25) is 0 Å². The van der Waals surface area contributed by atoms with Crippen LogP contribution < -0.4 is 4.74 Å². The predicted octanol–water partition coefficient (Wildman–Crippen LogP) is 1.94. The minimum absolute atomic E-state index is 0.0917. The van der Waals surface area contributed by atoms with E-state index in [-0.39, 0.29) is 12.2 Å². The highest BCUT2D eigenvalue weighted by atomic mass is 16.5. The summed E-state index contributed by atoms with van der Waals surface area (Å²) in [5.74, 6) is 0.662. The normalized spacial score (nSPS) is 14.9. The van der Waals surface area contributed by atoms with Crippen LogP contribution in [0.25, 0.3) is 0 Å². The summed E-state index contributed by atoms with van der Waals surface area (Å²) in [7, 11) is 1.57. The van der Waals surface area contributed by atoms with Gasteiger partial charge in [-0.3, -0.25) is 4.98 Å². The SMILES string of the molecule is COC(C)C(O)c1cncc(OC(C)C)c1. The molecule has 0 saturated heterocycles. The Morgan fingerprint density at radius 3 is 2.50 bits per heavy atom. The van der Waals surface area contributed by atoms with E-state index < -0.39 is 6.10 Å². The molecule has 16 heavy (non-hydrogen) atoms. The van der Waals surface area contributed by atoms with Gasteiger partial charge >= 0.3 is 0 Å². The van der Waals surface area contributed by atoms with E-state index in [2.05, 4.69) is 4.98 Å². The van der Waals surface area contributed by atoms with Crippen molar-refractivity contribution >= 4 is 0 Å². The molecule has 1 aromatic heterocycles. The second-order valence-electron chi connectivity index (χ2n) is 4.01. The number of hydrogen-bond donors (Lipinski definition) is 1. The van der Waals surface area contributed by atoms with Gasteiger partial charge in [-0.05, 0) is 26.8 Å². The third-order valence-electron chi connectivity index (χ3n) is 2.26. The van der Waals surface area contributed by atoms with Gasteiger partial charge in [-0.25, -0.2) is 0 Å². The lowest BCUT2D eigenvalue weighted by Crippen LogP contribution is -2.17. The molecule has 1 N–H and O–H groups in total. The molecule has 4 nitrogen and oxygen atoms in total. The summed E-state index contributed by atoms with van der Waals surface area (Å²) in [4.78, 5) is 4.03. The maximum absolute atomic E-state index is 9.93. The molecule has 0 spiro atoms. The average Bonchev–Trinajstić information content (AvgIpc) is 2.26. The molecule has 0 bridgehead atoms. The molecule has 0 radical (unpaired) electrons. The second-order valence-corrected chi connectivity index (χ2v) is 4.01. The van der Waals surface area contributed by atoms with E-state index in [1.165, 1.54) is 0 Å². The standard InChI is InChI=1S/C12H19NO3/c1-8(2)16-11-5-10(6-13-7-11)12(14)9(3)15-4/h5-9,12,14H,1-4H3. The van der Waals surface area contributed by atoms with Gasteiger partial charge in [-0.1, -0.05) is 0 Å². The summed E-state index contributed by atoms with van der Waals surface area (Å²) in [5, 5.41) is 9.93. The fourth-order valence-corrected chi connectivity index (χ4v) is 1.33. The lowest BCUT2D eigenvalue weighted by molar-refractivity contribution is -0.00173. The van der Waals surface area contributed by atoms with E-state index in [4.69, 9.17) is 9.47 Å². The van der Waals surface area contributed by atoms with Crippen LogP contribution in [-0.2, 0) is 4.74 Å².